The standard InChI is InChI=1S/C24H23NO5S/c1-14(2)29-17-7-4-6-16(12-17)22(26)20-21(19-10-9-15(3)30-19)25(24(28)23(20)27)13-18-8-5-11-31-18/h4-12,14,21,26H,13H2,1-3H3/b22-20-. The molecule has 0 saturated carbocycles. The quantitative estimate of drug-likeness (QED) is 0.331. The van der Waals surface area contributed by atoms with Gasteiger partial charge in [-0.15, -0.1) is 11.3 Å². The molecule has 0 bridgehead atoms. The second-order valence-corrected chi connectivity index (χ2v) is 8.68. The highest BCUT2D eigenvalue weighted by Gasteiger charge is 2.47. The van der Waals surface area contributed by atoms with E-state index in [1.165, 1.54) is 16.2 Å². The average Bonchev–Trinajstić information content (AvgIpc) is 3.45. The molecule has 1 N–H and O–H groups in total. The molecule has 1 amide bonds. The lowest BCUT2D eigenvalue weighted by atomic mass is 9.99. The van der Waals surface area contributed by atoms with Gasteiger partial charge in [0.05, 0.1) is 18.2 Å². The number of Topliss-reactive ketones (excluding diaryl/α,β-unsaturated/α-hetero) is 1. The number of aryl methyl sites for hydroxylation is 1. The molecule has 2 aromatic heterocycles. The maximum Gasteiger partial charge on any atom is 0.296 e. The lowest BCUT2D eigenvalue weighted by Crippen LogP contribution is -2.28. The van der Waals surface area contributed by atoms with Gasteiger partial charge in [-0.2, -0.15) is 0 Å². The third-order valence-corrected chi connectivity index (χ3v) is 5.82. The van der Waals surface area contributed by atoms with Crippen LogP contribution in [0.25, 0.3) is 5.76 Å². The number of carbonyl (C=O) groups excluding carboxylic acids is 2. The normalized spacial score (nSPS) is 18.2. The third-order valence-electron chi connectivity index (χ3n) is 4.96. The zero-order valence-corrected chi connectivity index (χ0v) is 18.3. The molecule has 3 heterocycles. The molecule has 31 heavy (non-hydrogen) atoms. The topological polar surface area (TPSA) is 80.0 Å². The van der Waals surface area contributed by atoms with Crippen LogP contribution in [0.15, 0.2) is 63.9 Å². The van der Waals surface area contributed by atoms with E-state index in [0.29, 0.717) is 22.8 Å². The number of rotatable bonds is 6. The Kier molecular flexibility index (Phi) is 5.69. The van der Waals surface area contributed by atoms with Gasteiger partial charge in [0.15, 0.2) is 0 Å². The van der Waals surface area contributed by atoms with Crippen molar-refractivity contribution in [2.24, 2.45) is 0 Å². The minimum absolute atomic E-state index is 0.0117. The molecular weight excluding hydrogens is 414 g/mol. The molecule has 160 valence electrons. The minimum Gasteiger partial charge on any atom is -0.507 e. The molecule has 0 radical (unpaired) electrons. The summed E-state index contributed by atoms with van der Waals surface area (Å²) in [6.45, 7) is 5.85. The summed E-state index contributed by atoms with van der Waals surface area (Å²) >= 11 is 1.50. The first-order valence-electron chi connectivity index (χ1n) is 9.99. The van der Waals surface area contributed by atoms with E-state index in [1.54, 1.807) is 43.3 Å². The van der Waals surface area contributed by atoms with E-state index in [-0.39, 0.29) is 24.0 Å². The van der Waals surface area contributed by atoms with Crippen molar-refractivity contribution in [3.63, 3.8) is 0 Å². The summed E-state index contributed by atoms with van der Waals surface area (Å²) in [6, 6.07) is 13.3. The van der Waals surface area contributed by atoms with Crippen molar-refractivity contribution in [3.8, 4) is 5.75 Å². The lowest BCUT2D eigenvalue weighted by molar-refractivity contribution is -0.140. The highest BCUT2D eigenvalue weighted by atomic mass is 32.1. The second-order valence-electron chi connectivity index (χ2n) is 7.65. The molecule has 1 fully saturated rings. The van der Waals surface area contributed by atoms with Crippen LogP contribution in [0.1, 0.15) is 41.9 Å². The number of aliphatic hydroxyl groups is 1. The maximum atomic E-state index is 13.0. The highest BCUT2D eigenvalue weighted by molar-refractivity contribution is 7.09. The van der Waals surface area contributed by atoms with Crippen LogP contribution in [0, 0.1) is 6.92 Å². The van der Waals surface area contributed by atoms with Crippen LogP contribution >= 0.6 is 11.3 Å². The van der Waals surface area contributed by atoms with Crippen molar-refractivity contribution in [1.29, 1.82) is 0 Å². The fraction of sp³-hybridized carbons (Fsp3) is 0.250. The van der Waals surface area contributed by atoms with Crippen molar-refractivity contribution in [2.75, 3.05) is 0 Å². The Morgan fingerprint density at radius 1 is 1.19 bits per heavy atom. The number of ketones is 1. The van der Waals surface area contributed by atoms with E-state index in [1.807, 2.05) is 31.4 Å². The molecule has 3 aromatic rings. The monoisotopic (exact) mass is 437 g/mol. The van der Waals surface area contributed by atoms with Crippen molar-refractivity contribution in [1.82, 2.24) is 4.90 Å². The largest absolute Gasteiger partial charge is 0.507 e. The van der Waals surface area contributed by atoms with Gasteiger partial charge >= 0.3 is 0 Å². The molecule has 0 spiro atoms. The molecule has 7 heteroatoms. The van der Waals surface area contributed by atoms with Crippen molar-refractivity contribution >= 4 is 28.8 Å². The molecule has 4 rings (SSSR count). The van der Waals surface area contributed by atoms with Crippen molar-refractivity contribution < 1.29 is 23.8 Å². The Hall–Kier alpha value is -3.32. The van der Waals surface area contributed by atoms with E-state index >= 15 is 0 Å². The number of aliphatic hydroxyl groups excluding tert-OH is 1. The van der Waals surface area contributed by atoms with E-state index in [2.05, 4.69) is 0 Å². The van der Waals surface area contributed by atoms with Gasteiger partial charge in [0, 0.05) is 10.4 Å². The van der Waals surface area contributed by atoms with E-state index in [0.717, 1.165) is 4.88 Å². The lowest BCUT2D eigenvalue weighted by Gasteiger charge is -2.22. The molecule has 1 saturated heterocycles. The summed E-state index contributed by atoms with van der Waals surface area (Å²) in [7, 11) is 0. The predicted octanol–water partition coefficient (Wildman–Crippen LogP) is 5.06. The van der Waals surface area contributed by atoms with Gasteiger partial charge in [-0.3, -0.25) is 9.59 Å². The number of hydrogen-bond acceptors (Lipinski definition) is 6. The summed E-state index contributed by atoms with van der Waals surface area (Å²) < 4.78 is 11.5. The van der Waals surface area contributed by atoms with Crippen LogP contribution in [0.2, 0.25) is 0 Å². The summed E-state index contributed by atoms with van der Waals surface area (Å²) in [5, 5.41) is 13.0. The van der Waals surface area contributed by atoms with Crippen LogP contribution < -0.4 is 4.74 Å². The molecule has 1 aromatic carbocycles. The number of furan rings is 1. The minimum atomic E-state index is -0.814. The van der Waals surface area contributed by atoms with E-state index in [9.17, 15) is 14.7 Å². The maximum absolute atomic E-state index is 13.0. The van der Waals surface area contributed by atoms with Crippen LogP contribution in [0.4, 0.5) is 0 Å². The SMILES string of the molecule is Cc1ccc(C2/C(=C(/O)c3cccc(OC(C)C)c3)C(=O)C(=O)N2Cc2cccs2)o1. The summed E-state index contributed by atoms with van der Waals surface area (Å²) in [5.41, 5.74) is 0.415. The third kappa shape index (κ3) is 4.14. The number of carbonyl (C=O) groups is 2. The molecular formula is C24H23NO5S. The first-order chi connectivity index (χ1) is 14.8. The van der Waals surface area contributed by atoms with Gasteiger partial charge in [-0.05, 0) is 56.5 Å². The molecule has 1 unspecified atom stereocenters. The van der Waals surface area contributed by atoms with Gasteiger partial charge in [-0.1, -0.05) is 18.2 Å². The number of amides is 1. The number of hydrogen-bond donors (Lipinski definition) is 1. The van der Waals surface area contributed by atoms with Crippen molar-refractivity contribution in [2.45, 2.75) is 39.5 Å². The van der Waals surface area contributed by atoms with Gasteiger partial charge in [0.1, 0.15) is 29.1 Å². The molecule has 0 aliphatic carbocycles. The van der Waals surface area contributed by atoms with E-state index < -0.39 is 17.7 Å². The smallest absolute Gasteiger partial charge is 0.296 e. The van der Waals surface area contributed by atoms with Crippen molar-refractivity contribution in [3.05, 3.63) is 81.4 Å². The number of thiophene rings is 1. The molecule has 6 nitrogen and oxygen atoms in total. The number of likely N-dealkylation sites (tertiary alicyclic amines) is 1. The van der Waals surface area contributed by atoms with E-state index in [4.69, 9.17) is 9.15 Å². The van der Waals surface area contributed by atoms with Crippen LogP contribution in [-0.2, 0) is 16.1 Å². The zero-order chi connectivity index (χ0) is 22.1. The Balaban J connectivity index is 1.82. The zero-order valence-electron chi connectivity index (χ0n) is 17.5. The Morgan fingerprint density at radius 2 is 2.00 bits per heavy atom. The Labute approximate surface area is 184 Å². The summed E-state index contributed by atoms with van der Waals surface area (Å²) in [5.74, 6) is 0.0119. The van der Waals surface area contributed by atoms with Crippen LogP contribution in [0.5, 0.6) is 5.75 Å². The van der Waals surface area contributed by atoms with Gasteiger partial charge in [0.25, 0.3) is 11.7 Å². The average molecular weight is 438 g/mol. The highest BCUT2D eigenvalue weighted by Crippen LogP contribution is 2.41. The van der Waals surface area contributed by atoms with Gasteiger partial charge < -0.3 is 19.2 Å². The van der Waals surface area contributed by atoms with Gasteiger partial charge in [-0.25, -0.2) is 0 Å². The molecule has 1 aliphatic rings. The Bertz CT molecular complexity index is 1140. The Morgan fingerprint density at radius 3 is 2.65 bits per heavy atom. The number of ether oxygens (including phenoxy) is 1. The van der Waals surface area contributed by atoms with Crippen LogP contribution in [0.3, 0.4) is 0 Å². The molecule has 1 aliphatic heterocycles. The fourth-order valence-electron chi connectivity index (χ4n) is 3.65. The summed E-state index contributed by atoms with van der Waals surface area (Å²) in [4.78, 5) is 28.4. The number of benzene rings is 1. The summed E-state index contributed by atoms with van der Waals surface area (Å²) in [6.07, 6.45) is -0.0418. The number of nitrogens with zero attached hydrogens (tertiary/aromatic N) is 1. The van der Waals surface area contributed by atoms with Crippen LogP contribution in [-0.4, -0.2) is 27.8 Å². The fourth-order valence-corrected chi connectivity index (χ4v) is 4.36. The first kappa shape index (κ1) is 20.9. The van der Waals surface area contributed by atoms with Gasteiger partial charge in [0.2, 0.25) is 0 Å². The predicted molar refractivity (Wildman–Crippen MR) is 118 cm³/mol. The molecule has 1 atom stereocenters. The first-order valence-corrected chi connectivity index (χ1v) is 10.9. The second kappa shape index (κ2) is 8.43.